The van der Waals surface area contributed by atoms with E-state index in [2.05, 4.69) is 15.5 Å². The lowest BCUT2D eigenvalue weighted by Gasteiger charge is -2.03. The summed E-state index contributed by atoms with van der Waals surface area (Å²) in [5, 5.41) is 11.1. The number of rotatable bonds is 5. The van der Waals surface area contributed by atoms with Gasteiger partial charge in [-0.1, -0.05) is 19.1 Å². The molecule has 2 rings (SSSR count). The molecule has 0 amide bonds. The molecule has 0 atom stereocenters. The third-order valence-electron chi connectivity index (χ3n) is 2.33. The van der Waals surface area contributed by atoms with Gasteiger partial charge in [-0.2, -0.15) is 0 Å². The fourth-order valence-corrected chi connectivity index (χ4v) is 1.49. The van der Waals surface area contributed by atoms with Crippen molar-refractivity contribution < 1.29 is 9.15 Å². The van der Waals surface area contributed by atoms with Crippen LogP contribution in [0.4, 0.5) is 0 Å². The van der Waals surface area contributed by atoms with Gasteiger partial charge in [0.15, 0.2) is 0 Å². The van der Waals surface area contributed by atoms with Crippen LogP contribution in [0.1, 0.15) is 12.8 Å². The van der Waals surface area contributed by atoms with Gasteiger partial charge in [0.05, 0.1) is 19.2 Å². The SMILES string of the molecule is CCNCc1nnc(-c2ccccc2OC)o1. The lowest BCUT2D eigenvalue weighted by molar-refractivity contribution is 0.413. The highest BCUT2D eigenvalue weighted by Gasteiger charge is 2.12. The summed E-state index contributed by atoms with van der Waals surface area (Å²) in [4.78, 5) is 0. The first kappa shape index (κ1) is 11.6. The topological polar surface area (TPSA) is 60.2 Å². The normalized spacial score (nSPS) is 10.5. The Bertz CT molecular complexity index is 482. The van der Waals surface area contributed by atoms with Crippen LogP contribution in [-0.4, -0.2) is 23.9 Å². The van der Waals surface area contributed by atoms with Crippen LogP contribution in [0.5, 0.6) is 5.75 Å². The molecule has 0 aliphatic heterocycles. The van der Waals surface area contributed by atoms with Crippen molar-refractivity contribution in [2.45, 2.75) is 13.5 Å². The first-order chi connectivity index (χ1) is 8.35. The number of hydrogen-bond acceptors (Lipinski definition) is 5. The molecule has 1 aromatic carbocycles. The Morgan fingerprint density at radius 2 is 2.12 bits per heavy atom. The number of methoxy groups -OCH3 is 1. The highest BCUT2D eigenvalue weighted by Crippen LogP contribution is 2.28. The lowest BCUT2D eigenvalue weighted by atomic mass is 10.2. The van der Waals surface area contributed by atoms with E-state index in [-0.39, 0.29) is 0 Å². The van der Waals surface area contributed by atoms with Crippen LogP contribution >= 0.6 is 0 Å². The molecule has 0 radical (unpaired) electrons. The van der Waals surface area contributed by atoms with Gasteiger partial charge in [0.25, 0.3) is 5.89 Å². The fourth-order valence-electron chi connectivity index (χ4n) is 1.49. The van der Waals surface area contributed by atoms with Crippen LogP contribution in [0, 0.1) is 0 Å². The summed E-state index contributed by atoms with van der Waals surface area (Å²) in [5.74, 6) is 1.79. The van der Waals surface area contributed by atoms with Gasteiger partial charge in [-0.15, -0.1) is 10.2 Å². The Hall–Kier alpha value is -1.88. The highest BCUT2D eigenvalue weighted by molar-refractivity contribution is 5.62. The second kappa shape index (κ2) is 5.45. The van der Waals surface area contributed by atoms with Crippen molar-refractivity contribution >= 4 is 0 Å². The van der Waals surface area contributed by atoms with E-state index in [1.165, 1.54) is 0 Å². The molecule has 1 aromatic heterocycles. The maximum atomic E-state index is 5.55. The third kappa shape index (κ3) is 2.62. The summed E-state index contributed by atoms with van der Waals surface area (Å²) < 4.78 is 10.8. The summed E-state index contributed by atoms with van der Waals surface area (Å²) in [6.07, 6.45) is 0. The van der Waals surface area contributed by atoms with E-state index < -0.39 is 0 Å². The van der Waals surface area contributed by atoms with Crippen LogP contribution in [-0.2, 0) is 6.54 Å². The third-order valence-corrected chi connectivity index (χ3v) is 2.33. The Morgan fingerprint density at radius 1 is 1.29 bits per heavy atom. The number of aromatic nitrogens is 2. The second-order valence-corrected chi connectivity index (χ2v) is 3.48. The minimum absolute atomic E-state index is 0.482. The summed E-state index contributed by atoms with van der Waals surface area (Å²) in [6, 6.07) is 7.57. The summed E-state index contributed by atoms with van der Waals surface area (Å²) >= 11 is 0. The zero-order valence-electron chi connectivity index (χ0n) is 9.93. The number of nitrogens with one attached hydrogen (secondary N) is 1. The smallest absolute Gasteiger partial charge is 0.251 e. The molecule has 1 heterocycles. The van der Waals surface area contributed by atoms with Crippen molar-refractivity contribution in [3.05, 3.63) is 30.2 Å². The van der Waals surface area contributed by atoms with Crippen molar-refractivity contribution in [2.75, 3.05) is 13.7 Å². The Labute approximate surface area is 99.8 Å². The fraction of sp³-hybridized carbons (Fsp3) is 0.333. The van der Waals surface area contributed by atoms with Crippen molar-refractivity contribution in [2.24, 2.45) is 0 Å². The molecule has 0 spiro atoms. The molecule has 0 bridgehead atoms. The molecule has 0 fully saturated rings. The van der Waals surface area contributed by atoms with Gasteiger partial charge in [0.2, 0.25) is 5.89 Å². The predicted octanol–water partition coefficient (Wildman–Crippen LogP) is 1.85. The average Bonchev–Trinajstić information content (AvgIpc) is 2.85. The maximum absolute atomic E-state index is 5.55. The van der Waals surface area contributed by atoms with E-state index in [1.807, 2.05) is 31.2 Å². The Kier molecular flexibility index (Phi) is 3.72. The molecule has 0 aliphatic carbocycles. The predicted molar refractivity (Wildman–Crippen MR) is 63.7 cm³/mol. The first-order valence-electron chi connectivity index (χ1n) is 5.51. The molecule has 0 saturated heterocycles. The number of ether oxygens (including phenoxy) is 1. The minimum atomic E-state index is 0.482. The first-order valence-corrected chi connectivity index (χ1v) is 5.51. The standard InChI is InChI=1S/C12H15N3O2/c1-3-13-8-11-14-15-12(17-11)9-6-4-5-7-10(9)16-2/h4-7,13H,3,8H2,1-2H3. The van der Waals surface area contributed by atoms with Crippen molar-refractivity contribution in [1.29, 1.82) is 0 Å². The van der Waals surface area contributed by atoms with Gasteiger partial charge in [-0.3, -0.25) is 0 Å². The molecule has 2 aromatic rings. The van der Waals surface area contributed by atoms with Gasteiger partial charge >= 0.3 is 0 Å². The average molecular weight is 233 g/mol. The number of nitrogens with zero attached hydrogens (tertiary/aromatic N) is 2. The van der Waals surface area contributed by atoms with Crippen LogP contribution < -0.4 is 10.1 Å². The summed E-state index contributed by atoms with van der Waals surface area (Å²) in [5.41, 5.74) is 0.810. The highest BCUT2D eigenvalue weighted by atomic mass is 16.5. The number of hydrogen-bond donors (Lipinski definition) is 1. The number of benzene rings is 1. The van der Waals surface area contributed by atoms with E-state index in [0.717, 1.165) is 17.9 Å². The van der Waals surface area contributed by atoms with Crippen molar-refractivity contribution in [3.63, 3.8) is 0 Å². The molecule has 90 valence electrons. The van der Waals surface area contributed by atoms with Gasteiger partial charge in [0.1, 0.15) is 5.75 Å². The minimum Gasteiger partial charge on any atom is -0.496 e. The largest absolute Gasteiger partial charge is 0.496 e. The van der Waals surface area contributed by atoms with E-state index in [0.29, 0.717) is 18.3 Å². The van der Waals surface area contributed by atoms with Crippen molar-refractivity contribution in [3.8, 4) is 17.2 Å². The van der Waals surface area contributed by atoms with E-state index in [9.17, 15) is 0 Å². The monoisotopic (exact) mass is 233 g/mol. The maximum Gasteiger partial charge on any atom is 0.251 e. The van der Waals surface area contributed by atoms with Crippen LogP contribution in [0.25, 0.3) is 11.5 Å². The van der Waals surface area contributed by atoms with Crippen LogP contribution in [0.2, 0.25) is 0 Å². The van der Waals surface area contributed by atoms with Crippen LogP contribution in [0.3, 0.4) is 0 Å². The quantitative estimate of drug-likeness (QED) is 0.854. The van der Waals surface area contributed by atoms with Gasteiger partial charge in [0, 0.05) is 0 Å². The van der Waals surface area contributed by atoms with E-state index in [1.54, 1.807) is 7.11 Å². The molecular weight excluding hydrogens is 218 g/mol. The zero-order valence-corrected chi connectivity index (χ0v) is 9.93. The molecule has 5 heteroatoms. The van der Waals surface area contributed by atoms with Gasteiger partial charge in [-0.25, -0.2) is 0 Å². The van der Waals surface area contributed by atoms with Crippen molar-refractivity contribution in [1.82, 2.24) is 15.5 Å². The summed E-state index contributed by atoms with van der Waals surface area (Å²) in [7, 11) is 1.62. The summed E-state index contributed by atoms with van der Waals surface area (Å²) in [6.45, 7) is 3.47. The van der Waals surface area contributed by atoms with E-state index in [4.69, 9.17) is 9.15 Å². The Morgan fingerprint density at radius 3 is 2.88 bits per heavy atom. The second-order valence-electron chi connectivity index (χ2n) is 3.48. The van der Waals surface area contributed by atoms with E-state index >= 15 is 0 Å². The van der Waals surface area contributed by atoms with Gasteiger partial charge < -0.3 is 14.5 Å². The molecule has 0 unspecified atom stereocenters. The van der Waals surface area contributed by atoms with Crippen LogP contribution in [0.15, 0.2) is 28.7 Å². The molecule has 1 N–H and O–H groups in total. The number of para-hydroxylation sites is 1. The zero-order chi connectivity index (χ0) is 12.1. The van der Waals surface area contributed by atoms with Gasteiger partial charge in [-0.05, 0) is 18.7 Å². The lowest BCUT2D eigenvalue weighted by Crippen LogP contribution is -2.11. The molecule has 5 nitrogen and oxygen atoms in total. The molecular formula is C12H15N3O2. The molecule has 0 aliphatic rings. The molecule has 0 saturated carbocycles. The Balaban J connectivity index is 2.24. The molecule has 17 heavy (non-hydrogen) atoms.